The zero-order valence-electron chi connectivity index (χ0n) is 11.9. The second-order valence-electron chi connectivity index (χ2n) is 6.55. The van der Waals surface area contributed by atoms with Crippen LogP contribution in [0.2, 0.25) is 0 Å². The fourth-order valence-electron chi connectivity index (χ4n) is 2.81. The first-order chi connectivity index (χ1) is 8.35. The molecule has 18 heavy (non-hydrogen) atoms. The summed E-state index contributed by atoms with van der Waals surface area (Å²) in [5, 5.41) is 1.81. The van der Waals surface area contributed by atoms with Crippen molar-refractivity contribution in [3.8, 4) is 0 Å². The van der Waals surface area contributed by atoms with Gasteiger partial charge in [-0.05, 0) is 31.6 Å². The molecule has 5 nitrogen and oxygen atoms in total. The van der Waals surface area contributed by atoms with E-state index in [1.54, 1.807) is 0 Å². The Morgan fingerprint density at radius 3 is 2.67 bits per heavy atom. The van der Waals surface area contributed by atoms with E-state index in [0.29, 0.717) is 5.41 Å². The molecule has 0 radical (unpaired) electrons. The van der Waals surface area contributed by atoms with Gasteiger partial charge in [0.25, 0.3) is 0 Å². The van der Waals surface area contributed by atoms with Crippen molar-refractivity contribution in [1.29, 1.82) is 0 Å². The lowest BCUT2D eigenvalue weighted by atomic mass is 9.83. The van der Waals surface area contributed by atoms with Gasteiger partial charge in [0.1, 0.15) is 0 Å². The van der Waals surface area contributed by atoms with Gasteiger partial charge in [0, 0.05) is 31.7 Å². The van der Waals surface area contributed by atoms with Gasteiger partial charge in [-0.15, -0.1) is 0 Å². The first-order valence-corrected chi connectivity index (χ1v) is 6.96. The van der Waals surface area contributed by atoms with Crippen molar-refractivity contribution in [1.82, 2.24) is 9.91 Å². The van der Waals surface area contributed by atoms with Crippen molar-refractivity contribution in [2.75, 3.05) is 26.2 Å². The van der Waals surface area contributed by atoms with Gasteiger partial charge in [0.2, 0.25) is 5.96 Å². The highest BCUT2D eigenvalue weighted by molar-refractivity contribution is 5.80. The zero-order chi connectivity index (χ0) is 13.4. The first-order valence-electron chi connectivity index (χ1n) is 6.96. The Kier molecular flexibility index (Phi) is 3.56. The Labute approximate surface area is 110 Å². The molecule has 1 fully saturated rings. The third kappa shape index (κ3) is 2.78. The van der Waals surface area contributed by atoms with Crippen molar-refractivity contribution in [2.24, 2.45) is 22.0 Å². The fourth-order valence-corrected chi connectivity index (χ4v) is 2.81. The summed E-state index contributed by atoms with van der Waals surface area (Å²) in [7, 11) is 0. The van der Waals surface area contributed by atoms with Crippen molar-refractivity contribution < 1.29 is 0 Å². The number of fused-ring (bicyclic) bond motifs is 1. The molecule has 0 aliphatic carbocycles. The molecule has 0 amide bonds. The van der Waals surface area contributed by atoms with Crippen LogP contribution in [0.25, 0.3) is 0 Å². The van der Waals surface area contributed by atoms with Crippen molar-refractivity contribution in [2.45, 2.75) is 45.6 Å². The highest BCUT2D eigenvalue weighted by Gasteiger charge is 2.36. The minimum absolute atomic E-state index is 0.176. The van der Waals surface area contributed by atoms with E-state index >= 15 is 0 Å². The maximum Gasteiger partial charge on any atom is 0.211 e. The van der Waals surface area contributed by atoms with Gasteiger partial charge >= 0.3 is 0 Å². The number of hydrazine groups is 1. The van der Waals surface area contributed by atoms with E-state index < -0.39 is 0 Å². The van der Waals surface area contributed by atoms with Crippen LogP contribution in [0.5, 0.6) is 0 Å². The topological polar surface area (TPSA) is 70.9 Å². The summed E-state index contributed by atoms with van der Waals surface area (Å²) in [6.45, 7) is 10.2. The Morgan fingerprint density at radius 1 is 1.28 bits per heavy atom. The summed E-state index contributed by atoms with van der Waals surface area (Å²) in [6, 6.07) is 0. The van der Waals surface area contributed by atoms with Crippen LogP contribution in [0, 0.1) is 5.41 Å². The molecule has 0 spiro atoms. The van der Waals surface area contributed by atoms with Gasteiger partial charge in [0.05, 0.1) is 0 Å². The van der Waals surface area contributed by atoms with Crippen LogP contribution in [0.3, 0.4) is 0 Å². The molecule has 0 aromatic heterocycles. The summed E-state index contributed by atoms with van der Waals surface area (Å²) in [5.41, 5.74) is 6.46. The van der Waals surface area contributed by atoms with Crippen LogP contribution < -0.4 is 11.6 Å². The molecule has 0 aromatic carbocycles. The molecular formula is C13H27N5. The summed E-state index contributed by atoms with van der Waals surface area (Å²) in [4.78, 5) is 6.94. The number of rotatable bonds is 1. The Morgan fingerprint density at radius 2 is 2.00 bits per heavy atom. The summed E-state index contributed by atoms with van der Waals surface area (Å²) in [6.07, 6.45) is 3.19. The number of nitrogens with zero attached hydrogens (tertiary/aromatic N) is 3. The maximum atomic E-state index is 6.34. The molecule has 4 N–H and O–H groups in total. The summed E-state index contributed by atoms with van der Waals surface area (Å²) < 4.78 is 0. The van der Waals surface area contributed by atoms with Crippen LogP contribution in [0.1, 0.15) is 40.0 Å². The van der Waals surface area contributed by atoms with Crippen LogP contribution in [0.15, 0.2) is 4.99 Å². The number of guanidine groups is 1. The summed E-state index contributed by atoms with van der Waals surface area (Å²) in [5.74, 6) is 7.08. The van der Waals surface area contributed by atoms with Gasteiger partial charge in [-0.25, -0.2) is 5.84 Å². The Bertz CT molecular complexity index is 338. The molecule has 2 rings (SSSR count). The van der Waals surface area contributed by atoms with E-state index in [2.05, 4.69) is 30.7 Å². The Balaban J connectivity index is 2.27. The third-order valence-corrected chi connectivity index (χ3v) is 4.41. The minimum atomic E-state index is -0.176. The monoisotopic (exact) mass is 253 g/mol. The Hall–Kier alpha value is -0.810. The number of nitrogens with two attached hydrogens (primary N) is 2. The molecule has 2 heterocycles. The average Bonchev–Trinajstić information content (AvgIpc) is 2.50. The van der Waals surface area contributed by atoms with Crippen LogP contribution in [-0.4, -0.2) is 47.6 Å². The molecule has 0 aromatic rings. The highest BCUT2D eigenvalue weighted by Crippen LogP contribution is 2.31. The highest BCUT2D eigenvalue weighted by atomic mass is 15.5. The second kappa shape index (κ2) is 4.70. The van der Waals surface area contributed by atoms with Crippen LogP contribution in [0.4, 0.5) is 0 Å². The lowest BCUT2D eigenvalue weighted by Gasteiger charge is -2.36. The zero-order valence-corrected chi connectivity index (χ0v) is 11.9. The van der Waals surface area contributed by atoms with Gasteiger partial charge in [-0.3, -0.25) is 10.0 Å². The van der Waals surface area contributed by atoms with Gasteiger partial charge < -0.3 is 10.6 Å². The van der Waals surface area contributed by atoms with Crippen molar-refractivity contribution >= 4 is 5.96 Å². The predicted octanol–water partition coefficient (Wildman–Crippen LogP) is 0.761. The molecule has 104 valence electrons. The number of aliphatic imine (C=N–C) groups is 1. The fraction of sp³-hybridized carbons (Fsp3) is 0.923. The molecule has 2 aliphatic rings. The van der Waals surface area contributed by atoms with E-state index in [4.69, 9.17) is 11.6 Å². The molecule has 0 saturated carbocycles. The summed E-state index contributed by atoms with van der Waals surface area (Å²) >= 11 is 0. The van der Waals surface area contributed by atoms with Crippen molar-refractivity contribution in [3.63, 3.8) is 0 Å². The second-order valence-corrected chi connectivity index (χ2v) is 6.55. The van der Waals surface area contributed by atoms with E-state index in [9.17, 15) is 0 Å². The largest absolute Gasteiger partial charge is 0.339 e. The smallest absolute Gasteiger partial charge is 0.211 e. The van der Waals surface area contributed by atoms with Gasteiger partial charge in [0.15, 0.2) is 0 Å². The van der Waals surface area contributed by atoms with Crippen LogP contribution >= 0.6 is 0 Å². The lowest BCUT2D eigenvalue weighted by Crippen LogP contribution is -2.53. The normalized spacial score (nSPS) is 37.7. The van der Waals surface area contributed by atoms with Crippen LogP contribution in [-0.2, 0) is 0 Å². The van der Waals surface area contributed by atoms with E-state index in [-0.39, 0.29) is 5.54 Å². The quantitative estimate of drug-likeness (QED) is 0.677. The number of hydrogen-bond donors (Lipinski definition) is 2. The average molecular weight is 253 g/mol. The third-order valence-electron chi connectivity index (χ3n) is 4.41. The lowest BCUT2D eigenvalue weighted by molar-refractivity contribution is 0.199. The number of hydrogen-bond acceptors (Lipinski definition) is 5. The standard InChI is InChI=1S/C13H27N5/c1-4-12(2)6-8-18(15)11-16-7-5-13(3,14)10-17(11)9-12/h4-10,14-15H2,1-3H3. The SMILES string of the molecule is CCC1(C)CCN(N)C2=NCCC(C)(N)CN2C1. The van der Waals surface area contributed by atoms with Crippen molar-refractivity contribution in [3.05, 3.63) is 0 Å². The molecule has 2 atom stereocenters. The van der Waals surface area contributed by atoms with E-state index in [1.165, 1.54) is 0 Å². The minimum Gasteiger partial charge on any atom is -0.339 e. The van der Waals surface area contributed by atoms with Gasteiger partial charge in [-0.1, -0.05) is 13.8 Å². The first kappa shape index (κ1) is 13.6. The molecule has 0 bridgehead atoms. The molecule has 2 aliphatic heterocycles. The van der Waals surface area contributed by atoms with E-state index in [1.807, 2.05) is 5.01 Å². The molecule has 1 saturated heterocycles. The maximum absolute atomic E-state index is 6.34. The molecular weight excluding hydrogens is 226 g/mol. The van der Waals surface area contributed by atoms with E-state index in [0.717, 1.165) is 51.4 Å². The van der Waals surface area contributed by atoms with Gasteiger partial charge in [-0.2, -0.15) is 0 Å². The predicted molar refractivity (Wildman–Crippen MR) is 75.0 cm³/mol. The molecule has 2 unspecified atom stereocenters. The molecule has 5 heteroatoms.